The van der Waals surface area contributed by atoms with Crippen LogP contribution in [0, 0.1) is 23.0 Å². The summed E-state index contributed by atoms with van der Waals surface area (Å²) in [6, 6.07) is 6.85. The van der Waals surface area contributed by atoms with E-state index in [1.807, 2.05) is 25.0 Å². The van der Waals surface area contributed by atoms with Gasteiger partial charge in [-0.25, -0.2) is 9.16 Å². The van der Waals surface area contributed by atoms with Crippen LogP contribution in [0.4, 0.5) is 0 Å². The first kappa shape index (κ1) is 54.5. The number of carbonyl (C=O) groups excluding carboxylic acids is 2. The highest BCUT2D eigenvalue weighted by atomic mass is 32.3. The van der Waals surface area contributed by atoms with Gasteiger partial charge in [-0.05, 0) is 111 Å². The lowest BCUT2D eigenvalue weighted by atomic mass is 9.82. The molecule has 1 aromatic carbocycles. The number of aliphatic hydroxyl groups is 6. The summed E-state index contributed by atoms with van der Waals surface area (Å²) in [4.78, 5) is 27.1. The van der Waals surface area contributed by atoms with Gasteiger partial charge in [-0.15, -0.1) is 0 Å². The van der Waals surface area contributed by atoms with E-state index in [1.165, 1.54) is 28.1 Å². The van der Waals surface area contributed by atoms with Crippen LogP contribution in [0.25, 0.3) is 0 Å². The van der Waals surface area contributed by atoms with Crippen molar-refractivity contribution in [3.8, 4) is 16.9 Å². The predicted octanol–water partition coefficient (Wildman–Crippen LogP) is 2.45. The molecular weight excluding hydrogens is 789 g/mol. The van der Waals surface area contributed by atoms with E-state index >= 15 is 0 Å². The maximum atomic E-state index is 13.7. The molecule has 0 aliphatic carbocycles. The van der Waals surface area contributed by atoms with E-state index in [0.717, 1.165) is 0 Å². The zero-order chi connectivity index (χ0) is 45.8. The molecule has 0 heterocycles. The van der Waals surface area contributed by atoms with Crippen molar-refractivity contribution >= 4 is 21.1 Å². The number of aliphatic hydroxyl groups excluding tert-OH is 6. The van der Waals surface area contributed by atoms with Gasteiger partial charge in [0.05, 0.1) is 61.5 Å². The minimum atomic E-state index is -2.24. The Morgan fingerprint density at radius 2 is 1.17 bits per heavy atom. The van der Waals surface area contributed by atoms with Crippen molar-refractivity contribution in [3.05, 3.63) is 29.8 Å². The molecule has 1 aromatic rings. The highest BCUT2D eigenvalue weighted by molar-refractivity contribution is 8.51. The Bertz CT molecular complexity index is 1510. The van der Waals surface area contributed by atoms with Crippen LogP contribution < -0.4 is 4.74 Å². The number of rotatable bonds is 24. The second-order valence-corrected chi connectivity index (χ2v) is 26.8. The first-order valence-electron chi connectivity index (χ1n) is 19.8. The molecule has 16 heteroatoms. The SMILES string of the molecule is COc1ccc(COC(=O)C(C(O)C(O)[C@@H](CO)OC(C)(C)CCOC(C)(C)C(C(=O)OCC#C[SH](C)(C)(C)C)C(O)C(O)[C@@H](CO)OC(C)(C)C)C(C)(C)OC)cc1. The summed E-state index contributed by atoms with van der Waals surface area (Å²) >= 11 is 0. The Balaban J connectivity index is 3.24. The van der Waals surface area contributed by atoms with E-state index < -0.39 is 105 Å². The van der Waals surface area contributed by atoms with E-state index in [4.69, 9.17) is 33.2 Å². The molecule has 8 atom stereocenters. The minimum absolute atomic E-state index is 0.0953. The van der Waals surface area contributed by atoms with Crippen LogP contribution in [0.1, 0.15) is 74.3 Å². The quantitative estimate of drug-likeness (QED) is 0.0451. The van der Waals surface area contributed by atoms with E-state index in [-0.39, 0.29) is 26.2 Å². The predicted molar refractivity (Wildman–Crippen MR) is 229 cm³/mol. The Kier molecular flexibility index (Phi) is 20.3. The van der Waals surface area contributed by atoms with Gasteiger partial charge >= 0.3 is 11.9 Å². The highest BCUT2D eigenvalue weighted by Gasteiger charge is 2.49. The summed E-state index contributed by atoms with van der Waals surface area (Å²) in [7, 11) is 0.640. The van der Waals surface area contributed by atoms with Crippen LogP contribution in [-0.2, 0) is 44.6 Å². The number of hydrogen-bond donors (Lipinski definition) is 7. The molecule has 1 rings (SSSR count). The summed E-state index contributed by atoms with van der Waals surface area (Å²) in [6.07, 6.45) is -1.51. The zero-order valence-electron chi connectivity index (χ0n) is 38.0. The lowest BCUT2D eigenvalue weighted by Gasteiger charge is -2.41. The van der Waals surface area contributed by atoms with Crippen LogP contribution in [0.15, 0.2) is 24.3 Å². The van der Waals surface area contributed by atoms with Crippen molar-refractivity contribution in [1.29, 1.82) is 0 Å². The number of carbonyl (C=O) groups is 2. The summed E-state index contributed by atoms with van der Waals surface area (Å²) in [5.41, 5.74) is -4.11. The molecule has 344 valence electrons. The number of benzene rings is 1. The molecule has 0 aliphatic rings. The van der Waals surface area contributed by atoms with Crippen molar-refractivity contribution in [1.82, 2.24) is 0 Å². The topological polar surface area (TPSA) is 220 Å². The Morgan fingerprint density at radius 1 is 0.695 bits per heavy atom. The van der Waals surface area contributed by atoms with Crippen LogP contribution >= 0.6 is 9.16 Å². The van der Waals surface area contributed by atoms with Crippen molar-refractivity contribution in [2.45, 2.75) is 134 Å². The third kappa shape index (κ3) is 18.5. The van der Waals surface area contributed by atoms with E-state index in [0.29, 0.717) is 11.3 Å². The molecule has 59 heavy (non-hydrogen) atoms. The molecule has 15 nitrogen and oxygen atoms in total. The Labute approximate surface area is 352 Å². The van der Waals surface area contributed by atoms with Crippen LogP contribution in [0.3, 0.4) is 0 Å². The Morgan fingerprint density at radius 3 is 1.61 bits per heavy atom. The van der Waals surface area contributed by atoms with Gasteiger partial charge < -0.3 is 63.8 Å². The van der Waals surface area contributed by atoms with Gasteiger partial charge in [0.15, 0.2) is 6.61 Å². The van der Waals surface area contributed by atoms with Gasteiger partial charge in [-0.3, -0.25) is 9.59 Å². The second kappa shape index (κ2) is 22.0. The van der Waals surface area contributed by atoms with E-state index in [1.54, 1.807) is 72.7 Å². The van der Waals surface area contributed by atoms with Gasteiger partial charge in [-0.2, -0.15) is 0 Å². The Hall–Kier alpha value is -2.53. The number of esters is 2. The van der Waals surface area contributed by atoms with Gasteiger partial charge in [0.2, 0.25) is 0 Å². The number of methoxy groups -OCH3 is 2. The molecule has 0 aromatic heterocycles. The molecule has 6 unspecified atom stereocenters. The zero-order valence-corrected chi connectivity index (χ0v) is 38.9. The first-order chi connectivity index (χ1) is 26.8. The van der Waals surface area contributed by atoms with Gasteiger partial charge in [0.1, 0.15) is 48.6 Å². The monoisotopic (exact) mass is 864 g/mol. The lowest BCUT2D eigenvalue weighted by molar-refractivity contribution is -0.204. The third-order valence-electron chi connectivity index (χ3n) is 9.54. The maximum absolute atomic E-state index is 13.7. The highest BCUT2D eigenvalue weighted by Crippen LogP contribution is 2.54. The molecule has 0 fully saturated rings. The summed E-state index contributed by atoms with van der Waals surface area (Å²) < 4.78 is 39.8. The number of thiol groups is 1. The van der Waals surface area contributed by atoms with Crippen molar-refractivity contribution < 1.29 is 73.4 Å². The molecule has 0 amide bonds. The molecule has 0 saturated heterocycles. The number of ether oxygens (including phenoxy) is 7. The van der Waals surface area contributed by atoms with Crippen LogP contribution in [-0.4, -0.2) is 167 Å². The van der Waals surface area contributed by atoms with E-state index in [2.05, 4.69) is 11.2 Å². The van der Waals surface area contributed by atoms with Crippen molar-refractivity contribution in [2.24, 2.45) is 11.8 Å². The normalized spacial score (nSPS) is 17.7. The van der Waals surface area contributed by atoms with Crippen molar-refractivity contribution in [2.75, 3.05) is 65.7 Å². The second-order valence-electron chi connectivity index (χ2n) is 19.4. The largest absolute Gasteiger partial charge is 0.497 e. The van der Waals surface area contributed by atoms with E-state index in [9.17, 15) is 40.2 Å². The fourth-order valence-electron chi connectivity index (χ4n) is 6.14. The molecular formula is C43H76O15S. The van der Waals surface area contributed by atoms with Gasteiger partial charge in [0.25, 0.3) is 0 Å². The molecule has 0 aliphatic heterocycles. The van der Waals surface area contributed by atoms with Crippen molar-refractivity contribution in [3.63, 3.8) is 0 Å². The maximum Gasteiger partial charge on any atom is 0.315 e. The third-order valence-corrected chi connectivity index (χ3v) is 10.6. The smallest absolute Gasteiger partial charge is 0.315 e. The lowest BCUT2D eigenvalue weighted by Crippen LogP contribution is -2.56. The number of hydrogen-bond acceptors (Lipinski definition) is 15. The van der Waals surface area contributed by atoms with Crippen LogP contribution in [0.5, 0.6) is 5.75 Å². The summed E-state index contributed by atoms with van der Waals surface area (Å²) in [5, 5.41) is 69.1. The molecule has 6 N–H and O–H groups in total. The van der Waals surface area contributed by atoms with Crippen LogP contribution in [0.2, 0.25) is 0 Å². The minimum Gasteiger partial charge on any atom is -0.497 e. The average molecular weight is 865 g/mol. The molecule has 0 radical (unpaired) electrons. The summed E-state index contributed by atoms with van der Waals surface area (Å²) in [5.74, 6) is -1.14. The molecule has 0 bridgehead atoms. The standard InChI is InChI=1S/C43H76O15S/c1-40(2,3)57-30(25-44)34(46)37(49)33(38(50)54-22-16-24-59(12,13,14)15)43(8,9)56-23-21-41(4,5)58-31(26-45)35(47)36(48)32(42(6,7)53-11)39(51)55-27-28-17-19-29(52-10)20-18-28/h17-20,30-37,44-49,59H,21-23,25-27H2,1-15H3/t30-,31-,32?,33?,34?,35?,36?,37?/m1/s1. The average Bonchev–Trinajstić information content (AvgIpc) is 3.11. The van der Waals surface area contributed by atoms with Gasteiger partial charge in [0, 0.05) is 7.11 Å². The van der Waals surface area contributed by atoms with Gasteiger partial charge in [-0.1, -0.05) is 23.3 Å². The first-order valence-corrected chi connectivity index (χ1v) is 23.8. The fraction of sp³-hybridized carbons (Fsp3) is 0.767. The fourth-order valence-corrected chi connectivity index (χ4v) is 6.84. The molecule has 0 spiro atoms. The molecule has 0 saturated carbocycles. The summed E-state index contributed by atoms with van der Waals surface area (Å²) in [6.45, 7) is 12.8.